The minimum Gasteiger partial charge on any atom is -0.253 e. The van der Waals surface area contributed by atoms with Gasteiger partial charge in [0.1, 0.15) is 0 Å². The summed E-state index contributed by atoms with van der Waals surface area (Å²) in [5.74, 6) is 0. The van der Waals surface area contributed by atoms with E-state index in [-0.39, 0.29) is 0 Å². The van der Waals surface area contributed by atoms with Crippen molar-refractivity contribution >= 4 is 32.4 Å². The van der Waals surface area contributed by atoms with E-state index in [1.54, 1.807) is 11.3 Å². The van der Waals surface area contributed by atoms with E-state index < -0.39 is 0 Å². The lowest BCUT2D eigenvalue weighted by molar-refractivity contribution is 0.643. The monoisotopic (exact) mass is 289 g/mol. The number of benzene rings is 1. The fraction of sp³-hybridized carbons (Fsp3) is 0.500. The van der Waals surface area contributed by atoms with Gasteiger partial charge in [0.15, 0.2) is 0 Å². The largest absolute Gasteiger partial charge is 0.253 e. The Hall–Kier alpha value is -1.42. The van der Waals surface area contributed by atoms with Gasteiger partial charge in [-0.3, -0.25) is 5.43 Å². The standard InChI is InChI=1S/C16H23N3S/c1-3-4-5-6-7-10-13(2)18-19-16-17-14-11-8-9-12-15(14)20-16/h8-9,11-12H,3-7,10H2,1-2H3,(H,17,19). The molecule has 0 radical (unpaired) electrons. The topological polar surface area (TPSA) is 37.3 Å². The first kappa shape index (κ1) is 15.0. The van der Waals surface area contributed by atoms with Crippen LogP contribution in [-0.4, -0.2) is 10.7 Å². The van der Waals surface area contributed by atoms with E-state index in [2.05, 4.69) is 35.4 Å². The minimum absolute atomic E-state index is 0.872. The summed E-state index contributed by atoms with van der Waals surface area (Å²) >= 11 is 1.64. The van der Waals surface area contributed by atoms with Crippen molar-refractivity contribution in [2.24, 2.45) is 5.10 Å². The molecule has 3 nitrogen and oxygen atoms in total. The Labute approximate surface area is 125 Å². The molecule has 108 valence electrons. The Morgan fingerprint density at radius 1 is 1.20 bits per heavy atom. The van der Waals surface area contributed by atoms with Crippen LogP contribution in [0.4, 0.5) is 5.13 Å². The molecule has 0 bridgehead atoms. The van der Waals surface area contributed by atoms with Gasteiger partial charge in [-0.1, -0.05) is 56.1 Å². The van der Waals surface area contributed by atoms with Crippen LogP contribution in [0, 0.1) is 0 Å². The molecule has 20 heavy (non-hydrogen) atoms. The Morgan fingerprint density at radius 2 is 2.00 bits per heavy atom. The average Bonchev–Trinajstić information content (AvgIpc) is 2.88. The fourth-order valence-corrected chi connectivity index (χ4v) is 2.91. The average molecular weight is 289 g/mol. The summed E-state index contributed by atoms with van der Waals surface area (Å²) in [6, 6.07) is 8.16. The van der Waals surface area contributed by atoms with E-state index in [0.29, 0.717) is 0 Å². The zero-order valence-corrected chi connectivity index (χ0v) is 13.2. The molecule has 0 saturated heterocycles. The van der Waals surface area contributed by atoms with Crippen molar-refractivity contribution in [3.8, 4) is 0 Å². The number of para-hydroxylation sites is 1. The van der Waals surface area contributed by atoms with Gasteiger partial charge in [-0.05, 0) is 31.9 Å². The summed E-state index contributed by atoms with van der Waals surface area (Å²) in [5.41, 5.74) is 5.27. The number of nitrogens with one attached hydrogen (secondary N) is 1. The molecule has 0 aliphatic rings. The van der Waals surface area contributed by atoms with Crippen molar-refractivity contribution in [1.29, 1.82) is 0 Å². The molecule has 0 atom stereocenters. The van der Waals surface area contributed by atoms with E-state index in [1.165, 1.54) is 36.8 Å². The van der Waals surface area contributed by atoms with Crippen LogP contribution in [-0.2, 0) is 0 Å². The molecule has 0 aliphatic carbocycles. The Balaban J connectivity index is 1.79. The number of hydrogen-bond donors (Lipinski definition) is 1. The number of hydrazone groups is 1. The highest BCUT2D eigenvalue weighted by Crippen LogP contribution is 2.25. The second-order valence-corrected chi connectivity index (χ2v) is 6.14. The van der Waals surface area contributed by atoms with E-state index in [1.807, 2.05) is 18.2 Å². The first-order valence-corrected chi connectivity index (χ1v) is 8.26. The van der Waals surface area contributed by atoms with Crippen molar-refractivity contribution in [2.45, 2.75) is 52.4 Å². The van der Waals surface area contributed by atoms with E-state index in [9.17, 15) is 0 Å². The van der Waals surface area contributed by atoms with Crippen LogP contribution >= 0.6 is 11.3 Å². The van der Waals surface area contributed by atoms with Gasteiger partial charge in [0, 0.05) is 5.71 Å². The van der Waals surface area contributed by atoms with Gasteiger partial charge in [-0.2, -0.15) is 5.10 Å². The molecule has 1 aromatic carbocycles. The third-order valence-electron chi connectivity index (χ3n) is 3.28. The van der Waals surface area contributed by atoms with Crippen molar-refractivity contribution in [3.63, 3.8) is 0 Å². The molecule has 0 unspecified atom stereocenters. The van der Waals surface area contributed by atoms with Crippen LogP contribution < -0.4 is 5.43 Å². The molecule has 2 aromatic rings. The molecule has 0 spiro atoms. The number of aromatic nitrogens is 1. The van der Waals surface area contributed by atoms with E-state index in [0.717, 1.165) is 22.8 Å². The fourth-order valence-electron chi connectivity index (χ4n) is 2.10. The number of thiazole rings is 1. The first-order valence-electron chi connectivity index (χ1n) is 7.44. The van der Waals surface area contributed by atoms with Crippen LogP contribution in [0.3, 0.4) is 0 Å². The van der Waals surface area contributed by atoms with E-state index in [4.69, 9.17) is 0 Å². The van der Waals surface area contributed by atoms with Crippen LogP contribution in [0.5, 0.6) is 0 Å². The smallest absolute Gasteiger partial charge is 0.204 e. The van der Waals surface area contributed by atoms with Crippen LogP contribution in [0.1, 0.15) is 52.4 Å². The molecule has 4 heteroatoms. The lowest BCUT2D eigenvalue weighted by atomic mass is 10.1. The molecule has 0 aliphatic heterocycles. The van der Waals surface area contributed by atoms with Crippen molar-refractivity contribution in [2.75, 3.05) is 5.43 Å². The summed E-state index contributed by atoms with van der Waals surface area (Å²) in [4.78, 5) is 4.51. The SMILES string of the molecule is CCCCCCCC(C)=NNc1nc2ccccc2s1. The number of rotatable bonds is 8. The zero-order valence-electron chi connectivity index (χ0n) is 12.4. The molecule has 1 aromatic heterocycles. The predicted octanol–water partition coefficient (Wildman–Crippen LogP) is 5.44. The molecule has 0 fully saturated rings. The number of anilines is 1. The quantitative estimate of drug-likeness (QED) is 0.399. The van der Waals surface area contributed by atoms with Crippen LogP contribution in [0.25, 0.3) is 10.2 Å². The summed E-state index contributed by atoms with van der Waals surface area (Å²) < 4.78 is 1.20. The molecule has 2 rings (SSSR count). The van der Waals surface area contributed by atoms with Gasteiger partial charge >= 0.3 is 0 Å². The number of nitrogens with zero attached hydrogens (tertiary/aromatic N) is 2. The lowest BCUT2D eigenvalue weighted by Gasteiger charge is -2.01. The maximum atomic E-state index is 4.51. The lowest BCUT2D eigenvalue weighted by Crippen LogP contribution is -1.97. The molecule has 1 N–H and O–H groups in total. The van der Waals surface area contributed by atoms with Gasteiger partial charge in [-0.15, -0.1) is 0 Å². The second kappa shape index (κ2) is 8.00. The van der Waals surface area contributed by atoms with Crippen LogP contribution in [0.2, 0.25) is 0 Å². The molecule has 1 heterocycles. The highest BCUT2D eigenvalue weighted by atomic mass is 32.1. The summed E-state index contributed by atoms with van der Waals surface area (Å²) in [6.07, 6.45) is 7.60. The summed E-state index contributed by atoms with van der Waals surface area (Å²) in [7, 11) is 0. The van der Waals surface area contributed by atoms with Crippen LogP contribution in [0.15, 0.2) is 29.4 Å². The van der Waals surface area contributed by atoms with Gasteiger partial charge in [-0.25, -0.2) is 4.98 Å². The van der Waals surface area contributed by atoms with Crippen molar-refractivity contribution in [1.82, 2.24) is 4.98 Å². The number of unbranched alkanes of at least 4 members (excludes halogenated alkanes) is 4. The first-order chi connectivity index (χ1) is 9.79. The minimum atomic E-state index is 0.872. The molecule has 0 saturated carbocycles. The highest BCUT2D eigenvalue weighted by molar-refractivity contribution is 7.22. The summed E-state index contributed by atoms with van der Waals surface area (Å²) in [6.45, 7) is 4.33. The normalized spacial score (nSPS) is 12.0. The number of hydrogen-bond acceptors (Lipinski definition) is 4. The highest BCUT2D eigenvalue weighted by Gasteiger charge is 2.01. The van der Waals surface area contributed by atoms with Crippen molar-refractivity contribution < 1.29 is 0 Å². The predicted molar refractivity (Wildman–Crippen MR) is 89.7 cm³/mol. The zero-order chi connectivity index (χ0) is 14.2. The number of fused-ring (bicyclic) bond motifs is 1. The Bertz CT molecular complexity index is 527. The molecular formula is C16H23N3S. The molecular weight excluding hydrogens is 266 g/mol. The van der Waals surface area contributed by atoms with Crippen molar-refractivity contribution in [3.05, 3.63) is 24.3 Å². The molecule has 0 amide bonds. The summed E-state index contributed by atoms with van der Waals surface area (Å²) in [5, 5.41) is 5.29. The third kappa shape index (κ3) is 4.60. The van der Waals surface area contributed by atoms with Gasteiger partial charge in [0.05, 0.1) is 10.2 Å². The maximum Gasteiger partial charge on any atom is 0.204 e. The Morgan fingerprint density at radius 3 is 2.80 bits per heavy atom. The van der Waals surface area contributed by atoms with Gasteiger partial charge in [0.2, 0.25) is 5.13 Å². The van der Waals surface area contributed by atoms with Gasteiger partial charge in [0.25, 0.3) is 0 Å². The van der Waals surface area contributed by atoms with Gasteiger partial charge < -0.3 is 0 Å². The Kier molecular flexibility index (Phi) is 5.99. The maximum absolute atomic E-state index is 4.51. The second-order valence-electron chi connectivity index (χ2n) is 5.11. The third-order valence-corrected chi connectivity index (χ3v) is 4.22. The van der Waals surface area contributed by atoms with E-state index >= 15 is 0 Å².